The molecule has 4 nitrogen and oxygen atoms in total. The van der Waals surface area contributed by atoms with E-state index < -0.39 is 0 Å². The average Bonchev–Trinajstić information content (AvgIpc) is 2.77. The van der Waals surface area contributed by atoms with Gasteiger partial charge in [-0.25, -0.2) is 5.43 Å². The lowest BCUT2D eigenvalue weighted by Gasteiger charge is -2.19. The predicted octanol–water partition coefficient (Wildman–Crippen LogP) is 3.46. The standard InChI is InChI=1S/C14H18Cl2N4/c1-3-6-20-14(12(16)8-18-20)13(19-17)10-4-5-11(15)9(2)7-10/h4-5,7-8,13,19H,3,6,17H2,1-2H3. The minimum atomic E-state index is -0.215. The van der Waals surface area contributed by atoms with Crippen LogP contribution in [-0.4, -0.2) is 9.78 Å². The molecule has 1 atom stereocenters. The third-order valence-electron chi connectivity index (χ3n) is 3.22. The molecule has 0 bridgehead atoms. The molecular formula is C14H18Cl2N4. The summed E-state index contributed by atoms with van der Waals surface area (Å²) >= 11 is 12.3. The maximum Gasteiger partial charge on any atom is 0.0893 e. The van der Waals surface area contributed by atoms with E-state index in [0.717, 1.165) is 34.8 Å². The molecule has 6 heteroatoms. The summed E-state index contributed by atoms with van der Waals surface area (Å²) in [6.07, 6.45) is 2.63. The molecule has 108 valence electrons. The van der Waals surface area contributed by atoms with Gasteiger partial charge in [0.15, 0.2) is 0 Å². The summed E-state index contributed by atoms with van der Waals surface area (Å²) in [4.78, 5) is 0. The van der Waals surface area contributed by atoms with Crippen molar-refractivity contribution >= 4 is 23.2 Å². The maximum absolute atomic E-state index is 6.27. The smallest absolute Gasteiger partial charge is 0.0893 e. The lowest BCUT2D eigenvalue weighted by molar-refractivity contribution is 0.521. The van der Waals surface area contributed by atoms with E-state index in [0.29, 0.717) is 5.02 Å². The predicted molar refractivity (Wildman–Crippen MR) is 82.9 cm³/mol. The van der Waals surface area contributed by atoms with Gasteiger partial charge in [-0.1, -0.05) is 42.3 Å². The molecule has 2 rings (SSSR count). The van der Waals surface area contributed by atoms with Gasteiger partial charge in [0.05, 0.1) is 23.0 Å². The van der Waals surface area contributed by atoms with Gasteiger partial charge in [0.25, 0.3) is 0 Å². The van der Waals surface area contributed by atoms with Crippen LogP contribution in [0.3, 0.4) is 0 Å². The summed E-state index contributed by atoms with van der Waals surface area (Å²) in [5.41, 5.74) is 5.70. The fourth-order valence-electron chi connectivity index (χ4n) is 2.23. The van der Waals surface area contributed by atoms with E-state index in [2.05, 4.69) is 17.4 Å². The van der Waals surface area contributed by atoms with E-state index in [9.17, 15) is 0 Å². The quantitative estimate of drug-likeness (QED) is 0.656. The zero-order chi connectivity index (χ0) is 14.7. The lowest BCUT2D eigenvalue weighted by Crippen LogP contribution is -2.31. The van der Waals surface area contributed by atoms with Crippen molar-refractivity contribution in [3.63, 3.8) is 0 Å². The lowest BCUT2D eigenvalue weighted by atomic mass is 10.0. The third-order valence-corrected chi connectivity index (χ3v) is 3.94. The first-order chi connectivity index (χ1) is 9.58. The van der Waals surface area contributed by atoms with Crippen LogP contribution in [0.2, 0.25) is 10.0 Å². The molecule has 0 saturated carbocycles. The van der Waals surface area contributed by atoms with E-state index in [4.69, 9.17) is 29.0 Å². The number of nitrogens with zero attached hydrogens (tertiary/aromatic N) is 2. The first-order valence-corrected chi connectivity index (χ1v) is 7.27. The van der Waals surface area contributed by atoms with Crippen LogP contribution in [0.15, 0.2) is 24.4 Å². The van der Waals surface area contributed by atoms with Crippen molar-refractivity contribution in [1.29, 1.82) is 0 Å². The minimum absolute atomic E-state index is 0.215. The summed E-state index contributed by atoms with van der Waals surface area (Å²) in [7, 11) is 0. The monoisotopic (exact) mass is 312 g/mol. The Kier molecular flexibility index (Phi) is 5.05. The van der Waals surface area contributed by atoms with Crippen molar-refractivity contribution in [2.24, 2.45) is 5.84 Å². The van der Waals surface area contributed by atoms with Crippen molar-refractivity contribution in [2.45, 2.75) is 32.9 Å². The molecule has 0 aliphatic heterocycles. The topological polar surface area (TPSA) is 55.9 Å². The number of hydrogen-bond donors (Lipinski definition) is 2. The molecular weight excluding hydrogens is 295 g/mol. The fraction of sp³-hybridized carbons (Fsp3) is 0.357. The van der Waals surface area contributed by atoms with Crippen LogP contribution in [0.4, 0.5) is 0 Å². The SMILES string of the molecule is CCCn1ncc(Cl)c1C(NN)c1ccc(Cl)c(C)c1. The third kappa shape index (κ3) is 2.99. The van der Waals surface area contributed by atoms with Gasteiger partial charge >= 0.3 is 0 Å². The van der Waals surface area contributed by atoms with Crippen LogP contribution in [0.25, 0.3) is 0 Å². The van der Waals surface area contributed by atoms with Crippen LogP contribution < -0.4 is 11.3 Å². The Balaban J connectivity index is 2.46. The van der Waals surface area contributed by atoms with Crippen molar-refractivity contribution in [3.8, 4) is 0 Å². The molecule has 1 heterocycles. The van der Waals surface area contributed by atoms with E-state index in [1.54, 1.807) is 6.20 Å². The number of halogens is 2. The normalized spacial score (nSPS) is 12.7. The molecule has 0 fully saturated rings. The highest BCUT2D eigenvalue weighted by Crippen LogP contribution is 2.29. The van der Waals surface area contributed by atoms with E-state index >= 15 is 0 Å². The van der Waals surface area contributed by atoms with Crippen molar-refractivity contribution in [1.82, 2.24) is 15.2 Å². The molecule has 2 aromatic rings. The fourth-order valence-corrected chi connectivity index (χ4v) is 2.60. The zero-order valence-electron chi connectivity index (χ0n) is 11.5. The molecule has 3 N–H and O–H groups in total. The molecule has 20 heavy (non-hydrogen) atoms. The van der Waals surface area contributed by atoms with Gasteiger partial charge in [0, 0.05) is 11.6 Å². The number of aromatic nitrogens is 2. The average molecular weight is 313 g/mol. The molecule has 0 spiro atoms. The van der Waals surface area contributed by atoms with Gasteiger partial charge < -0.3 is 0 Å². The molecule has 0 aliphatic rings. The Morgan fingerprint density at radius 1 is 1.35 bits per heavy atom. The molecule has 0 amide bonds. The van der Waals surface area contributed by atoms with Gasteiger partial charge in [-0.3, -0.25) is 10.5 Å². The largest absolute Gasteiger partial charge is 0.271 e. The minimum Gasteiger partial charge on any atom is -0.271 e. The highest BCUT2D eigenvalue weighted by molar-refractivity contribution is 6.31. The van der Waals surface area contributed by atoms with Gasteiger partial charge in [-0.05, 0) is 30.5 Å². The molecule has 0 radical (unpaired) electrons. The Hall–Kier alpha value is -1.07. The van der Waals surface area contributed by atoms with Crippen LogP contribution in [-0.2, 0) is 6.54 Å². The van der Waals surface area contributed by atoms with E-state index in [1.807, 2.05) is 29.8 Å². The van der Waals surface area contributed by atoms with Crippen molar-refractivity contribution in [2.75, 3.05) is 0 Å². The number of aryl methyl sites for hydroxylation is 2. The summed E-state index contributed by atoms with van der Waals surface area (Å²) < 4.78 is 1.89. The van der Waals surface area contributed by atoms with E-state index in [-0.39, 0.29) is 6.04 Å². The molecule has 1 unspecified atom stereocenters. The second-order valence-corrected chi connectivity index (χ2v) is 5.52. The highest BCUT2D eigenvalue weighted by Gasteiger charge is 2.21. The molecule has 0 saturated heterocycles. The van der Waals surface area contributed by atoms with E-state index in [1.165, 1.54) is 0 Å². The number of nitrogens with two attached hydrogens (primary N) is 1. The number of rotatable bonds is 5. The zero-order valence-corrected chi connectivity index (χ0v) is 13.0. The van der Waals surface area contributed by atoms with Crippen molar-refractivity contribution in [3.05, 3.63) is 51.3 Å². The van der Waals surface area contributed by atoms with Gasteiger partial charge in [-0.15, -0.1) is 0 Å². The van der Waals surface area contributed by atoms with Crippen LogP contribution in [0.5, 0.6) is 0 Å². The van der Waals surface area contributed by atoms with Crippen LogP contribution in [0.1, 0.15) is 36.2 Å². The van der Waals surface area contributed by atoms with Gasteiger partial charge in [0.1, 0.15) is 0 Å². The van der Waals surface area contributed by atoms with Gasteiger partial charge in [-0.2, -0.15) is 5.10 Å². The Bertz CT molecular complexity index is 595. The molecule has 0 aliphatic carbocycles. The first-order valence-electron chi connectivity index (χ1n) is 6.51. The number of nitrogens with one attached hydrogen (secondary N) is 1. The Labute approximate surface area is 128 Å². The molecule has 1 aromatic heterocycles. The molecule has 1 aromatic carbocycles. The highest BCUT2D eigenvalue weighted by atomic mass is 35.5. The van der Waals surface area contributed by atoms with Crippen LogP contribution in [0, 0.1) is 6.92 Å². The number of hydrogen-bond acceptors (Lipinski definition) is 3. The van der Waals surface area contributed by atoms with Crippen LogP contribution >= 0.6 is 23.2 Å². The Morgan fingerprint density at radius 2 is 2.10 bits per heavy atom. The first kappa shape index (κ1) is 15.3. The summed E-state index contributed by atoms with van der Waals surface area (Å²) in [5, 5.41) is 5.64. The Morgan fingerprint density at radius 3 is 2.70 bits per heavy atom. The summed E-state index contributed by atoms with van der Waals surface area (Å²) in [6, 6.07) is 5.60. The van der Waals surface area contributed by atoms with Gasteiger partial charge in [0.2, 0.25) is 0 Å². The second-order valence-electron chi connectivity index (χ2n) is 4.71. The maximum atomic E-state index is 6.27. The van der Waals surface area contributed by atoms with Crippen molar-refractivity contribution < 1.29 is 0 Å². The number of benzene rings is 1. The summed E-state index contributed by atoms with van der Waals surface area (Å²) in [5.74, 6) is 5.74. The number of hydrazine groups is 1. The second kappa shape index (κ2) is 6.59. The summed E-state index contributed by atoms with van der Waals surface area (Å²) in [6.45, 7) is 4.86.